The molecule has 0 bridgehead atoms. The number of nitrogens with one attached hydrogen (secondary N) is 1. The van der Waals surface area contributed by atoms with Crippen LogP contribution in [-0.2, 0) is 0 Å². The van der Waals surface area contributed by atoms with Gasteiger partial charge >= 0.3 is 0 Å². The zero-order chi connectivity index (χ0) is 10.1. The van der Waals surface area contributed by atoms with Crippen molar-refractivity contribution >= 4 is 12.0 Å². The second-order valence-electron chi connectivity index (χ2n) is 3.53. The van der Waals surface area contributed by atoms with Gasteiger partial charge in [0.15, 0.2) is 0 Å². The minimum Gasteiger partial charge on any atom is -0.365 e. The van der Waals surface area contributed by atoms with E-state index in [0.29, 0.717) is 0 Å². The average Bonchev–Trinajstić information content (AvgIpc) is 2.18. The zero-order valence-electron chi connectivity index (χ0n) is 8.31. The van der Waals surface area contributed by atoms with Crippen molar-refractivity contribution in [2.75, 3.05) is 14.1 Å². The maximum absolute atomic E-state index is 10.0. The lowest BCUT2D eigenvalue weighted by atomic mass is 10.1. The number of rotatable bonds is 1. The number of hydrogen-bond acceptors (Lipinski definition) is 3. The molecule has 0 saturated carbocycles. The molecule has 1 unspecified atom stereocenters. The largest absolute Gasteiger partial charge is 0.365 e. The van der Waals surface area contributed by atoms with Gasteiger partial charge in [-0.15, -0.1) is 0 Å². The number of benzene rings is 1. The molecule has 1 heterocycles. The number of para-hydroxylation sites is 1. The van der Waals surface area contributed by atoms with Gasteiger partial charge in [0.1, 0.15) is 6.34 Å². The van der Waals surface area contributed by atoms with Crippen LogP contribution in [0.15, 0.2) is 29.3 Å². The Kier molecular flexibility index (Phi) is 2.23. The zero-order valence-corrected chi connectivity index (χ0v) is 8.31. The first-order valence-corrected chi connectivity index (χ1v) is 4.60. The molecule has 0 spiro atoms. The van der Waals surface area contributed by atoms with E-state index in [4.69, 9.17) is 0 Å². The Bertz CT molecular complexity index is 362. The van der Waals surface area contributed by atoms with Crippen LogP contribution in [0, 0.1) is 0 Å². The van der Waals surface area contributed by atoms with Crippen molar-refractivity contribution in [1.29, 1.82) is 0 Å². The van der Waals surface area contributed by atoms with Crippen molar-refractivity contribution in [2.24, 2.45) is 4.99 Å². The van der Waals surface area contributed by atoms with E-state index in [2.05, 4.69) is 4.99 Å². The summed E-state index contributed by atoms with van der Waals surface area (Å²) in [5, 5.41) is 12.8. The summed E-state index contributed by atoms with van der Waals surface area (Å²) in [4.78, 5) is 4.27. The van der Waals surface area contributed by atoms with E-state index < -0.39 is 6.23 Å². The van der Waals surface area contributed by atoms with Crippen LogP contribution in [0.1, 0.15) is 11.8 Å². The van der Waals surface area contributed by atoms with Crippen LogP contribution in [-0.4, -0.2) is 30.5 Å². The van der Waals surface area contributed by atoms with E-state index in [1.807, 2.05) is 38.4 Å². The minimum absolute atomic E-state index is 0.603. The summed E-state index contributed by atoms with van der Waals surface area (Å²) in [6, 6.07) is 7.62. The Hall–Kier alpha value is -1.39. The van der Waals surface area contributed by atoms with Crippen molar-refractivity contribution in [1.82, 2.24) is 5.01 Å². The standard InChI is InChI=1S/C10H13N3O/c1-12(2)13-7-11-9-6-4-3-5-8(9)10(13)14/h3-7,10,14H,1-2H3/p+1. The van der Waals surface area contributed by atoms with Gasteiger partial charge in [-0.1, -0.05) is 18.2 Å². The van der Waals surface area contributed by atoms with Crippen LogP contribution < -0.4 is 5.01 Å². The number of quaternary nitrogens is 1. The summed E-state index contributed by atoms with van der Waals surface area (Å²) in [5.74, 6) is 0. The van der Waals surface area contributed by atoms with E-state index >= 15 is 0 Å². The first kappa shape index (κ1) is 9.18. The summed E-state index contributed by atoms with van der Waals surface area (Å²) in [5.41, 5.74) is 1.70. The predicted molar refractivity (Wildman–Crippen MR) is 54.2 cm³/mol. The molecule has 0 amide bonds. The fourth-order valence-electron chi connectivity index (χ4n) is 1.52. The number of nitrogens with zero attached hydrogens (tertiary/aromatic N) is 2. The smallest absolute Gasteiger partial charge is 0.203 e. The summed E-state index contributed by atoms with van der Waals surface area (Å²) in [6.07, 6.45) is 1.07. The van der Waals surface area contributed by atoms with Gasteiger partial charge in [-0.3, -0.25) is 0 Å². The highest BCUT2D eigenvalue weighted by molar-refractivity contribution is 5.66. The highest BCUT2D eigenvalue weighted by atomic mass is 16.3. The van der Waals surface area contributed by atoms with Crippen LogP contribution in [0.3, 0.4) is 0 Å². The number of aliphatic hydroxyl groups is 1. The molecule has 0 saturated heterocycles. The van der Waals surface area contributed by atoms with Crippen molar-refractivity contribution in [2.45, 2.75) is 6.23 Å². The summed E-state index contributed by atoms with van der Waals surface area (Å²) in [6.45, 7) is 0. The second kappa shape index (κ2) is 3.40. The molecule has 2 rings (SSSR count). The van der Waals surface area contributed by atoms with Crippen LogP contribution in [0.25, 0.3) is 0 Å². The van der Waals surface area contributed by atoms with Gasteiger partial charge in [-0.25, -0.2) is 10.0 Å². The molecule has 0 radical (unpaired) electrons. The molecule has 0 aliphatic carbocycles. The van der Waals surface area contributed by atoms with Gasteiger partial charge in [-0.2, -0.15) is 5.01 Å². The highest BCUT2D eigenvalue weighted by Gasteiger charge is 2.25. The molecule has 1 atom stereocenters. The number of hydrogen-bond donors (Lipinski definition) is 2. The molecule has 74 valence electrons. The fourth-order valence-corrected chi connectivity index (χ4v) is 1.52. The lowest BCUT2D eigenvalue weighted by molar-refractivity contribution is -0.975. The molecule has 2 N–H and O–H groups in total. The third-order valence-corrected chi connectivity index (χ3v) is 2.32. The summed E-state index contributed by atoms with van der Waals surface area (Å²) < 4.78 is 0. The van der Waals surface area contributed by atoms with Crippen molar-refractivity contribution in [3.05, 3.63) is 29.8 Å². The molecule has 14 heavy (non-hydrogen) atoms. The van der Waals surface area contributed by atoms with E-state index in [9.17, 15) is 5.11 Å². The van der Waals surface area contributed by atoms with E-state index in [1.54, 1.807) is 11.3 Å². The van der Waals surface area contributed by atoms with E-state index in [0.717, 1.165) is 16.3 Å². The lowest BCUT2D eigenvalue weighted by Crippen LogP contribution is -3.13. The van der Waals surface area contributed by atoms with Crippen molar-refractivity contribution < 1.29 is 10.1 Å². The third kappa shape index (κ3) is 1.38. The van der Waals surface area contributed by atoms with Gasteiger partial charge in [0, 0.05) is 5.56 Å². The normalized spacial score (nSPS) is 20.0. The minimum atomic E-state index is -0.603. The van der Waals surface area contributed by atoms with Crippen molar-refractivity contribution in [3.8, 4) is 0 Å². The summed E-state index contributed by atoms with van der Waals surface area (Å²) in [7, 11) is 3.90. The molecule has 1 aliphatic rings. The molecular weight excluding hydrogens is 178 g/mol. The number of aliphatic hydroxyl groups excluding tert-OH is 1. The van der Waals surface area contributed by atoms with Gasteiger partial charge in [0.25, 0.3) is 0 Å². The van der Waals surface area contributed by atoms with Crippen LogP contribution >= 0.6 is 0 Å². The van der Waals surface area contributed by atoms with Crippen molar-refractivity contribution in [3.63, 3.8) is 0 Å². The number of fused-ring (bicyclic) bond motifs is 1. The number of aliphatic imine (C=N–C) groups is 1. The molecule has 1 aliphatic heterocycles. The topological polar surface area (TPSA) is 40.3 Å². The van der Waals surface area contributed by atoms with Gasteiger partial charge in [0.05, 0.1) is 19.8 Å². The van der Waals surface area contributed by atoms with Crippen LogP contribution in [0.4, 0.5) is 5.69 Å². The predicted octanol–water partition coefficient (Wildman–Crippen LogP) is -0.288. The summed E-state index contributed by atoms with van der Waals surface area (Å²) >= 11 is 0. The highest BCUT2D eigenvalue weighted by Crippen LogP contribution is 2.28. The monoisotopic (exact) mass is 192 g/mol. The van der Waals surface area contributed by atoms with Gasteiger partial charge in [0.2, 0.25) is 6.23 Å². The molecule has 0 fully saturated rings. The average molecular weight is 192 g/mol. The fraction of sp³-hybridized carbons (Fsp3) is 0.300. The lowest BCUT2D eigenvalue weighted by Gasteiger charge is -2.30. The Morgan fingerprint density at radius 1 is 1.36 bits per heavy atom. The Labute approximate surface area is 83.1 Å². The molecule has 0 aromatic heterocycles. The maximum Gasteiger partial charge on any atom is 0.203 e. The van der Waals surface area contributed by atoms with Gasteiger partial charge < -0.3 is 5.11 Å². The van der Waals surface area contributed by atoms with E-state index in [1.165, 1.54) is 0 Å². The molecule has 1 aromatic rings. The van der Waals surface area contributed by atoms with Gasteiger partial charge in [-0.05, 0) is 6.07 Å². The van der Waals surface area contributed by atoms with Crippen LogP contribution in [0.5, 0.6) is 0 Å². The molecule has 4 heteroatoms. The Balaban J connectivity index is 2.40. The first-order chi connectivity index (χ1) is 6.70. The third-order valence-electron chi connectivity index (χ3n) is 2.32. The van der Waals surface area contributed by atoms with Crippen LogP contribution in [0.2, 0.25) is 0 Å². The second-order valence-corrected chi connectivity index (χ2v) is 3.53. The Morgan fingerprint density at radius 2 is 2.07 bits per heavy atom. The quantitative estimate of drug-likeness (QED) is 0.642. The van der Waals surface area contributed by atoms with E-state index in [-0.39, 0.29) is 0 Å². The first-order valence-electron chi connectivity index (χ1n) is 4.60. The molecular formula is C10H14N3O+. The Morgan fingerprint density at radius 3 is 2.79 bits per heavy atom. The SMILES string of the molecule is C[NH+](C)N1C=Nc2ccccc2C1O. The molecule has 4 nitrogen and oxygen atoms in total. The molecule has 1 aromatic carbocycles. The maximum atomic E-state index is 10.0.